The number of benzene rings is 3. The molecule has 5 rings (SSSR count). The van der Waals surface area contributed by atoms with Crippen LogP contribution < -0.4 is 19.5 Å². The number of halogens is 1. The number of aliphatic carboxylic acids is 1. The first-order valence-corrected chi connectivity index (χ1v) is 18.1. The maximum absolute atomic E-state index is 10.8. The molecule has 1 fully saturated rings. The van der Waals surface area contributed by atoms with Gasteiger partial charge >= 0.3 is 5.97 Å². The van der Waals surface area contributed by atoms with Crippen molar-refractivity contribution < 1.29 is 29.2 Å². The van der Waals surface area contributed by atoms with E-state index in [1.54, 1.807) is 12.3 Å². The van der Waals surface area contributed by atoms with Crippen molar-refractivity contribution in [1.29, 1.82) is 5.26 Å². The lowest BCUT2D eigenvalue weighted by Gasteiger charge is -2.33. The second-order valence-corrected chi connectivity index (χ2v) is 13.7. The number of carboxylic acids is 1. The average Bonchev–Trinajstić information content (AvgIpc) is 3.14. The zero-order valence-corrected chi connectivity index (χ0v) is 30.8. The molecular formula is C41H47ClN4O6. The van der Waals surface area contributed by atoms with Crippen molar-refractivity contribution in [1.82, 2.24) is 15.2 Å². The number of hydrogen-bond acceptors (Lipinski definition) is 9. The fraction of sp³-hybridized carbons (Fsp3) is 0.390. The Morgan fingerprint density at radius 1 is 1.00 bits per heavy atom. The average molecular weight is 727 g/mol. The summed E-state index contributed by atoms with van der Waals surface area (Å²) in [6, 6.07) is 20.4. The highest BCUT2D eigenvalue weighted by molar-refractivity contribution is 6.32. The largest absolute Gasteiger partial charge is 0.493 e. The van der Waals surface area contributed by atoms with Crippen molar-refractivity contribution in [2.75, 3.05) is 26.2 Å². The number of carboxylic acid groups (broad SMARTS) is 1. The number of aliphatic hydroxyl groups is 1. The van der Waals surface area contributed by atoms with Gasteiger partial charge in [0, 0.05) is 48.7 Å². The molecule has 2 heterocycles. The van der Waals surface area contributed by atoms with Crippen LogP contribution in [0.5, 0.6) is 17.2 Å². The number of hydrogen-bond donors (Lipinski definition) is 3. The zero-order chi connectivity index (χ0) is 37.0. The van der Waals surface area contributed by atoms with Gasteiger partial charge in [-0.3, -0.25) is 9.88 Å². The summed E-state index contributed by atoms with van der Waals surface area (Å²) in [4.78, 5) is 17.4. The molecule has 0 saturated carbocycles. The van der Waals surface area contributed by atoms with E-state index in [0.717, 1.165) is 57.7 Å². The number of pyridine rings is 1. The summed E-state index contributed by atoms with van der Waals surface area (Å²) in [6.07, 6.45) is 6.04. The summed E-state index contributed by atoms with van der Waals surface area (Å²) in [7, 11) is 0. The Morgan fingerprint density at radius 3 is 2.54 bits per heavy atom. The van der Waals surface area contributed by atoms with E-state index >= 15 is 0 Å². The molecule has 3 aromatic carbocycles. The molecule has 1 aliphatic rings. The second-order valence-electron chi connectivity index (χ2n) is 13.3. The monoisotopic (exact) mass is 726 g/mol. The van der Waals surface area contributed by atoms with E-state index in [9.17, 15) is 15.2 Å². The number of aromatic nitrogens is 1. The number of likely N-dealkylation sites (tertiary alicyclic amines) is 1. The maximum atomic E-state index is 10.8. The molecule has 4 aromatic rings. The third kappa shape index (κ3) is 10.2. The van der Waals surface area contributed by atoms with Gasteiger partial charge in [0.2, 0.25) is 0 Å². The van der Waals surface area contributed by atoms with Gasteiger partial charge < -0.3 is 29.7 Å². The normalized spacial score (nSPS) is 15.1. The highest BCUT2D eigenvalue weighted by Gasteiger charge is 2.22. The van der Waals surface area contributed by atoms with Gasteiger partial charge in [-0.15, -0.1) is 0 Å². The first-order valence-electron chi connectivity index (χ1n) is 17.7. The fourth-order valence-corrected chi connectivity index (χ4v) is 6.64. The lowest BCUT2D eigenvalue weighted by molar-refractivity contribution is -0.146. The Morgan fingerprint density at radius 2 is 1.77 bits per heavy atom. The molecule has 0 amide bonds. The second kappa shape index (κ2) is 18.7. The van der Waals surface area contributed by atoms with Gasteiger partial charge in [-0.05, 0) is 99.1 Å². The molecule has 1 aliphatic heterocycles. The third-order valence-corrected chi connectivity index (χ3v) is 9.82. The van der Waals surface area contributed by atoms with Gasteiger partial charge in [-0.2, -0.15) is 5.26 Å². The Bertz CT molecular complexity index is 1880. The predicted octanol–water partition coefficient (Wildman–Crippen LogP) is 7.23. The van der Waals surface area contributed by atoms with Gasteiger partial charge in [-0.1, -0.05) is 48.4 Å². The topological polar surface area (TPSA) is 137 Å². The van der Waals surface area contributed by atoms with Crippen LogP contribution in [0.3, 0.4) is 0 Å². The van der Waals surface area contributed by atoms with Crippen LogP contribution in [0.4, 0.5) is 0 Å². The SMILES string of the molecule is Cc1c(COc2cc(OCc3cncc(C#N)c3)c(CN3CCCC[C@H]3C)cc2Cl)cccc1-c1cccc(OCCCNC[C@H](O)C(=O)O)c1C. The summed E-state index contributed by atoms with van der Waals surface area (Å²) in [6.45, 7) is 9.63. The van der Waals surface area contributed by atoms with Crippen LogP contribution in [0.2, 0.25) is 5.02 Å². The van der Waals surface area contributed by atoms with E-state index in [0.29, 0.717) is 60.9 Å². The molecule has 0 radical (unpaired) electrons. The number of nitriles is 1. The summed E-state index contributed by atoms with van der Waals surface area (Å²) < 4.78 is 18.9. The molecule has 0 aliphatic carbocycles. The minimum Gasteiger partial charge on any atom is -0.493 e. The van der Waals surface area contributed by atoms with Gasteiger partial charge in [-0.25, -0.2) is 4.79 Å². The van der Waals surface area contributed by atoms with E-state index in [2.05, 4.69) is 53.3 Å². The number of rotatable bonds is 17. The molecule has 2 atom stereocenters. The van der Waals surface area contributed by atoms with Gasteiger partial charge in [0.05, 0.1) is 17.2 Å². The number of nitrogens with one attached hydrogen (secondary N) is 1. The van der Waals surface area contributed by atoms with Crippen LogP contribution in [0.15, 0.2) is 67.0 Å². The number of nitrogens with zero attached hydrogens (tertiary/aromatic N) is 3. The van der Waals surface area contributed by atoms with Gasteiger partial charge in [0.1, 0.15) is 36.5 Å². The zero-order valence-electron chi connectivity index (χ0n) is 30.0. The minimum atomic E-state index is -1.42. The van der Waals surface area contributed by atoms with Crippen molar-refractivity contribution in [3.63, 3.8) is 0 Å². The summed E-state index contributed by atoms with van der Waals surface area (Å²) >= 11 is 6.88. The lowest BCUT2D eigenvalue weighted by Crippen LogP contribution is -2.36. The molecule has 0 spiro atoms. The summed E-state index contributed by atoms with van der Waals surface area (Å²) in [5, 5.41) is 31.0. The smallest absolute Gasteiger partial charge is 0.333 e. The summed E-state index contributed by atoms with van der Waals surface area (Å²) in [5.41, 5.74) is 7.51. The van der Waals surface area contributed by atoms with Crippen molar-refractivity contribution in [3.8, 4) is 34.4 Å². The number of aliphatic hydroxyl groups excluding tert-OH is 1. The lowest BCUT2D eigenvalue weighted by atomic mass is 9.93. The van der Waals surface area contributed by atoms with E-state index < -0.39 is 12.1 Å². The van der Waals surface area contributed by atoms with Crippen LogP contribution in [-0.2, 0) is 24.6 Å². The molecule has 11 heteroatoms. The standard InChI is InChI=1S/C41H47ClN4O6/c1-27-9-4-5-15-46(27)24-33-18-36(42)40(19-39(33)51-25-31-17-30(20-43)21-45-22-31)52-26-32-10-6-11-34(28(32)2)35-12-7-13-38(29(35)3)50-16-8-14-44-23-37(47)41(48)49/h6-7,10-13,17-19,21-22,27,37,44,47H,4-5,8-9,14-16,23-26H2,1-3H3,(H,48,49)/t27-,37+/m1/s1. The van der Waals surface area contributed by atoms with Crippen molar-refractivity contribution >= 4 is 17.6 Å². The predicted molar refractivity (Wildman–Crippen MR) is 201 cm³/mol. The van der Waals surface area contributed by atoms with Crippen LogP contribution in [0, 0.1) is 25.2 Å². The van der Waals surface area contributed by atoms with Crippen LogP contribution >= 0.6 is 11.6 Å². The molecule has 3 N–H and O–H groups in total. The highest BCUT2D eigenvalue weighted by atomic mass is 35.5. The minimum absolute atomic E-state index is 0.00912. The molecule has 10 nitrogen and oxygen atoms in total. The highest BCUT2D eigenvalue weighted by Crippen LogP contribution is 2.37. The van der Waals surface area contributed by atoms with Crippen molar-refractivity contribution in [3.05, 3.63) is 105 Å². The maximum Gasteiger partial charge on any atom is 0.333 e. The van der Waals surface area contributed by atoms with Crippen LogP contribution in [0.25, 0.3) is 11.1 Å². The molecule has 0 bridgehead atoms. The van der Waals surface area contributed by atoms with E-state index in [-0.39, 0.29) is 13.2 Å². The number of ether oxygens (including phenoxy) is 3. The Kier molecular flexibility index (Phi) is 13.9. The summed E-state index contributed by atoms with van der Waals surface area (Å²) in [5.74, 6) is 0.745. The molecule has 274 valence electrons. The van der Waals surface area contributed by atoms with Crippen LogP contribution in [-0.4, -0.2) is 64.5 Å². The first kappa shape index (κ1) is 38.6. The van der Waals surface area contributed by atoms with E-state index in [1.807, 2.05) is 37.3 Å². The van der Waals surface area contributed by atoms with E-state index in [4.69, 9.17) is 30.9 Å². The molecule has 1 saturated heterocycles. The third-order valence-electron chi connectivity index (χ3n) is 9.53. The molecule has 1 aromatic heterocycles. The van der Waals surface area contributed by atoms with E-state index in [1.165, 1.54) is 19.0 Å². The van der Waals surface area contributed by atoms with Crippen LogP contribution in [0.1, 0.15) is 66.0 Å². The van der Waals surface area contributed by atoms with Gasteiger partial charge in [0.25, 0.3) is 0 Å². The van der Waals surface area contributed by atoms with Crippen molar-refractivity contribution in [2.45, 2.75) is 78.4 Å². The Hall–Kier alpha value is -4.66. The Balaban J connectivity index is 1.29. The quantitative estimate of drug-likeness (QED) is 0.0957. The van der Waals surface area contributed by atoms with Gasteiger partial charge in [0.15, 0.2) is 6.10 Å². The molecule has 52 heavy (non-hydrogen) atoms. The first-order chi connectivity index (χ1) is 25.1. The number of carbonyl (C=O) groups is 1. The Labute approximate surface area is 310 Å². The number of piperidine rings is 1. The molecular weight excluding hydrogens is 680 g/mol. The fourth-order valence-electron chi connectivity index (χ4n) is 6.40. The van der Waals surface area contributed by atoms with Crippen molar-refractivity contribution in [2.24, 2.45) is 0 Å². The molecule has 0 unspecified atom stereocenters.